The van der Waals surface area contributed by atoms with Crippen LogP contribution in [-0.2, 0) is 11.0 Å². The first-order valence-corrected chi connectivity index (χ1v) is 12.1. The van der Waals surface area contributed by atoms with Gasteiger partial charge in [-0.2, -0.15) is 0 Å². The number of rotatable bonds is 4. The van der Waals surface area contributed by atoms with Crippen LogP contribution in [0.15, 0.2) is 73.9 Å². The second kappa shape index (κ2) is 8.13. The van der Waals surface area contributed by atoms with Crippen molar-refractivity contribution in [3.8, 4) is 0 Å². The summed E-state index contributed by atoms with van der Waals surface area (Å²) in [5.74, 6) is 1.06. The van der Waals surface area contributed by atoms with Crippen LogP contribution in [0.2, 0.25) is 0 Å². The molecule has 5 rings (SSSR count). The standard InChI is InChI=1S/C23H23N3O2S2/c1-15-12-16(2)14-26(13-15)30(27)21-11-10-20(22-23(21)25-28-24-22)29-19-9-5-7-17-6-3-4-8-18(17)19/h3-11,15-16H,12-14H2,1-2H3. The highest BCUT2D eigenvalue weighted by molar-refractivity contribution is 7.99. The molecule has 0 aliphatic carbocycles. The van der Waals surface area contributed by atoms with Crippen LogP contribution < -0.4 is 0 Å². The van der Waals surface area contributed by atoms with Crippen LogP contribution in [0.25, 0.3) is 21.8 Å². The summed E-state index contributed by atoms with van der Waals surface area (Å²) in [7, 11) is -1.28. The van der Waals surface area contributed by atoms with E-state index in [0.29, 0.717) is 27.8 Å². The second-order valence-electron chi connectivity index (χ2n) is 8.14. The minimum absolute atomic E-state index is 0.532. The van der Waals surface area contributed by atoms with E-state index < -0.39 is 11.0 Å². The normalized spacial score (nSPS) is 21.3. The summed E-state index contributed by atoms with van der Waals surface area (Å²) >= 11 is 1.63. The summed E-state index contributed by atoms with van der Waals surface area (Å²) in [6.07, 6.45) is 1.18. The van der Waals surface area contributed by atoms with Crippen LogP contribution >= 0.6 is 11.8 Å². The molecule has 1 aromatic heterocycles. The largest absolute Gasteiger partial charge is 0.243 e. The number of piperidine rings is 1. The van der Waals surface area contributed by atoms with Gasteiger partial charge in [-0.05, 0) is 57.5 Å². The predicted octanol–water partition coefficient (Wildman–Crippen LogP) is 5.53. The molecule has 0 N–H and O–H groups in total. The Hall–Kier alpha value is -2.22. The summed E-state index contributed by atoms with van der Waals surface area (Å²) < 4.78 is 20.5. The minimum atomic E-state index is -1.28. The summed E-state index contributed by atoms with van der Waals surface area (Å²) in [5.41, 5.74) is 1.25. The molecule has 30 heavy (non-hydrogen) atoms. The first-order chi connectivity index (χ1) is 14.6. The fourth-order valence-corrected chi connectivity index (χ4v) is 6.92. The van der Waals surface area contributed by atoms with E-state index in [9.17, 15) is 4.21 Å². The highest BCUT2D eigenvalue weighted by Gasteiger charge is 2.28. The van der Waals surface area contributed by atoms with E-state index in [-0.39, 0.29) is 0 Å². The fourth-order valence-electron chi connectivity index (χ4n) is 4.33. The van der Waals surface area contributed by atoms with E-state index in [1.165, 1.54) is 17.2 Å². The molecule has 3 unspecified atom stereocenters. The highest BCUT2D eigenvalue weighted by atomic mass is 32.2. The van der Waals surface area contributed by atoms with Gasteiger partial charge in [0, 0.05) is 22.9 Å². The smallest absolute Gasteiger partial charge is 0.153 e. The molecule has 3 atom stereocenters. The maximum Gasteiger partial charge on any atom is 0.153 e. The maximum absolute atomic E-state index is 13.4. The first kappa shape index (κ1) is 19.7. The molecule has 1 aliphatic rings. The fraction of sp³-hybridized carbons (Fsp3) is 0.304. The molecule has 1 saturated heterocycles. The molecule has 154 valence electrons. The monoisotopic (exact) mass is 437 g/mol. The van der Waals surface area contributed by atoms with Gasteiger partial charge < -0.3 is 0 Å². The Morgan fingerprint density at radius 1 is 0.933 bits per heavy atom. The van der Waals surface area contributed by atoms with Crippen LogP contribution in [0.5, 0.6) is 0 Å². The number of hydrogen-bond acceptors (Lipinski definition) is 5. The molecule has 1 aliphatic heterocycles. The lowest BCUT2D eigenvalue weighted by atomic mass is 9.94. The highest BCUT2D eigenvalue weighted by Crippen LogP contribution is 2.38. The van der Waals surface area contributed by atoms with Crippen molar-refractivity contribution in [2.75, 3.05) is 13.1 Å². The van der Waals surface area contributed by atoms with E-state index >= 15 is 0 Å². The average molecular weight is 438 g/mol. The molecule has 4 aromatic rings. The van der Waals surface area contributed by atoms with Gasteiger partial charge in [-0.15, -0.1) is 0 Å². The van der Waals surface area contributed by atoms with Gasteiger partial charge in [0.2, 0.25) is 0 Å². The van der Waals surface area contributed by atoms with Crippen molar-refractivity contribution in [3.05, 3.63) is 54.6 Å². The Labute approximate surface area is 182 Å². The van der Waals surface area contributed by atoms with Crippen molar-refractivity contribution in [1.82, 2.24) is 14.6 Å². The quantitative estimate of drug-likeness (QED) is 0.420. The predicted molar refractivity (Wildman–Crippen MR) is 121 cm³/mol. The Balaban J connectivity index is 1.51. The minimum Gasteiger partial charge on any atom is -0.243 e. The van der Waals surface area contributed by atoms with E-state index in [0.717, 1.165) is 22.9 Å². The molecule has 0 saturated carbocycles. The Morgan fingerprint density at radius 3 is 2.50 bits per heavy atom. The number of benzene rings is 3. The third kappa shape index (κ3) is 3.66. The first-order valence-electron chi connectivity index (χ1n) is 10.2. The third-order valence-corrected chi connectivity index (χ3v) is 8.17. The van der Waals surface area contributed by atoms with Crippen LogP contribution in [0.4, 0.5) is 0 Å². The van der Waals surface area contributed by atoms with Crippen molar-refractivity contribution in [2.24, 2.45) is 11.8 Å². The van der Waals surface area contributed by atoms with Gasteiger partial charge in [0.15, 0.2) is 5.52 Å². The molecule has 1 fully saturated rings. The van der Waals surface area contributed by atoms with Crippen molar-refractivity contribution >= 4 is 44.6 Å². The van der Waals surface area contributed by atoms with Gasteiger partial charge in [0.05, 0.1) is 4.90 Å². The lowest BCUT2D eigenvalue weighted by Gasteiger charge is -2.33. The summed E-state index contributed by atoms with van der Waals surface area (Å²) in [6.45, 7) is 6.10. The van der Waals surface area contributed by atoms with Gasteiger partial charge in [-0.25, -0.2) is 13.1 Å². The van der Waals surface area contributed by atoms with Gasteiger partial charge in [-0.3, -0.25) is 0 Å². The van der Waals surface area contributed by atoms with Gasteiger partial charge in [0.25, 0.3) is 0 Å². The summed E-state index contributed by atoms with van der Waals surface area (Å²) in [5, 5.41) is 10.7. The van der Waals surface area contributed by atoms with Gasteiger partial charge >= 0.3 is 0 Å². The molecule has 2 heterocycles. The van der Waals surface area contributed by atoms with Crippen molar-refractivity contribution in [1.29, 1.82) is 0 Å². The van der Waals surface area contributed by atoms with Crippen LogP contribution in [0.3, 0.4) is 0 Å². The van der Waals surface area contributed by atoms with Crippen molar-refractivity contribution in [3.63, 3.8) is 0 Å². The van der Waals surface area contributed by atoms with E-state index in [2.05, 4.69) is 58.8 Å². The average Bonchev–Trinajstić information content (AvgIpc) is 3.23. The molecule has 0 spiro atoms. The zero-order chi connectivity index (χ0) is 20.7. The zero-order valence-electron chi connectivity index (χ0n) is 16.9. The third-order valence-electron chi connectivity index (χ3n) is 5.57. The topological polar surface area (TPSA) is 59.2 Å². The molecule has 7 heteroatoms. The molecule has 0 amide bonds. The van der Waals surface area contributed by atoms with E-state index in [1.807, 2.05) is 24.3 Å². The molecular weight excluding hydrogens is 414 g/mol. The van der Waals surface area contributed by atoms with Gasteiger partial charge in [-0.1, -0.05) is 62.0 Å². The van der Waals surface area contributed by atoms with E-state index in [1.54, 1.807) is 11.8 Å². The number of hydrogen-bond donors (Lipinski definition) is 0. The van der Waals surface area contributed by atoms with Gasteiger partial charge in [0.1, 0.15) is 16.5 Å². The second-order valence-corrected chi connectivity index (χ2v) is 10.7. The summed E-state index contributed by atoms with van der Waals surface area (Å²) in [4.78, 5) is 2.77. The Bertz CT molecular complexity index is 1220. The summed E-state index contributed by atoms with van der Waals surface area (Å²) in [6, 6.07) is 18.5. The zero-order valence-corrected chi connectivity index (χ0v) is 18.6. The lowest BCUT2D eigenvalue weighted by molar-refractivity contribution is 0.230. The van der Waals surface area contributed by atoms with Crippen LogP contribution in [0.1, 0.15) is 20.3 Å². The molecule has 0 radical (unpaired) electrons. The number of fused-ring (bicyclic) bond motifs is 2. The van der Waals surface area contributed by atoms with Crippen molar-refractivity contribution in [2.45, 2.75) is 35.0 Å². The Kier molecular flexibility index (Phi) is 5.35. The molecule has 5 nitrogen and oxygen atoms in total. The SMILES string of the molecule is CC1CC(C)CN(S(=O)c2ccc(Sc3cccc4ccccc34)c3nonc23)C1. The maximum atomic E-state index is 13.4. The molecule has 0 bridgehead atoms. The van der Waals surface area contributed by atoms with Crippen molar-refractivity contribution < 1.29 is 8.84 Å². The van der Waals surface area contributed by atoms with Crippen LogP contribution in [-0.4, -0.2) is 31.9 Å². The van der Waals surface area contributed by atoms with Crippen LogP contribution in [0, 0.1) is 11.8 Å². The number of aromatic nitrogens is 2. The number of nitrogens with zero attached hydrogens (tertiary/aromatic N) is 3. The van der Waals surface area contributed by atoms with E-state index in [4.69, 9.17) is 4.63 Å². The molecular formula is C23H23N3O2S2. The molecule has 3 aromatic carbocycles. The lowest BCUT2D eigenvalue weighted by Crippen LogP contribution is -2.39. The Morgan fingerprint density at radius 2 is 1.67 bits per heavy atom.